The zero-order valence-electron chi connectivity index (χ0n) is 12.3. The minimum atomic E-state index is -0.571. The van der Waals surface area contributed by atoms with Crippen LogP contribution in [-0.2, 0) is 4.74 Å². The molecule has 1 fully saturated rings. The number of carbonyl (C=O) groups excluding carboxylic acids is 2. The minimum Gasteiger partial charge on any atom is -0.443 e. The van der Waals surface area contributed by atoms with Gasteiger partial charge in [-0.1, -0.05) is 0 Å². The fourth-order valence-electron chi connectivity index (χ4n) is 2.11. The first-order valence-corrected chi connectivity index (χ1v) is 6.93. The molecule has 6 nitrogen and oxygen atoms in total. The van der Waals surface area contributed by atoms with Crippen LogP contribution in [0.3, 0.4) is 0 Å². The summed E-state index contributed by atoms with van der Waals surface area (Å²) in [7, 11) is 0. The summed E-state index contributed by atoms with van der Waals surface area (Å²) in [5, 5.41) is 0. The first-order valence-electron chi connectivity index (χ1n) is 6.93. The predicted molar refractivity (Wildman–Crippen MR) is 73.6 cm³/mol. The van der Waals surface area contributed by atoms with Crippen molar-refractivity contribution in [2.24, 2.45) is 0 Å². The number of hydrogen-bond donors (Lipinski definition) is 0. The standard InChI is InChI=1S/C14H21N3O3/c1-14(2,3)20-13(19)17-9-11(15-10-17)12(18)16-7-5-4-6-8-16/h9-10H,4-8H2,1-3H3. The van der Waals surface area contributed by atoms with Gasteiger partial charge in [0, 0.05) is 19.3 Å². The van der Waals surface area contributed by atoms with E-state index in [1.807, 2.05) is 0 Å². The lowest BCUT2D eigenvalue weighted by Crippen LogP contribution is -2.35. The Balaban J connectivity index is 2.04. The van der Waals surface area contributed by atoms with Gasteiger partial charge in [0.15, 0.2) is 0 Å². The van der Waals surface area contributed by atoms with E-state index < -0.39 is 11.7 Å². The first kappa shape index (κ1) is 14.6. The van der Waals surface area contributed by atoms with E-state index >= 15 is 0 Å². The van der Waals surface area contributed by atoms with Crippen LogP contribution in [0.2, 0.25) is 0 Å². The number of likely N-dealkylation sites (tertiary alicyclic amines) is 1. The van der Waals surface area contributed by atoms with E-state index in [0.29, 0.717) is 0 Å². The van der Waals surface area contributed by atoms with Crippen LogP contribution in [0.1, 0.15) is 50.5 Å². The molecule has 2 rings (SSSR count). The minimum absolute atomic E-state index is 0.119. The van der Waals surface area contributed by atoms with E-state index in [1.54, 1.807) is 25.7 Å². The Kier molecular flexibility index (Phi) is 4.11. The molecule has 1 saturated heterocycles. The van der Waals surface area contributed by atoms with Gasteiger partial charge >= 0.3 is 6.09 Å². The number of aromatic nitrogens is 2. The van der Waals surface area contributed by atoms with Crippen molar-refractivity contribution in [2.75, 3.05) is 13.1 Å². The molecule has 0 radical (unpaired) electrons. The summed E-state index contributed by atoms with van der Waals surface area (Å²) >= 11 is 0. The predicted octanol–water partition coefficient (Wildman–Crippen LogP) is 2.29. The summed E-state index contributed by atoms with van der Waals surface area (Å²) in [6, 6.07) is 0. The van der Waals surface area contributed by atoms with Gasteiger partial charge < -0.3 is 9.64 Å². The van der Waals surface area contributed by atoms with E-state index in [1.165, 1.54) is 17.1 Å². The van der Waals surface area contributed by atoms with Crippen LogP contribution >= 0.6 is 0 Å². The zero-order chi connectivity index (χ0) is 14.8. The molecule has 0 N–H and O–H groups in total. The van der Waals surface area contributed by atoms with Gasteiger partial charge in [-0.2, -0.15) is 0 Å². The third-order valence-corrected chi connectivity index (χ3v) is 3.05. The number of rotatable bonds is 1. The Labute approximate surface area is 118 Å². The van der Waals surface area contributed by atoms with Crippen molar-refractivity contribution in [3.63, 3.8) is 0 Å². The summed E-state index contributed by atoms with van der Waals surface area (Å²) in [6.07, 6.45) is 5.45. The number of carbonyl (C=O) groups is 2. The third kappa shape index (κ3) is 3.59. The quantitative estimate of drug-likeness (QED) is 0.791. The number of amides is 1. The van der Waals surface area contributed by atoms with Crippen LogP contribution < -0.4 is 0 Å². The second-order valence-corrected chi connectivity index (χ2v) is 6.00. The van der Waals surface area contributed by atoms with Crippen molar-refractivity contribution in [1.82, 2.24) is 14.5 Å². The number of hydrogen-bond acceptors (Lipinski definition) is 4. The maximum Gasteiger partial charge on any atom is 0.419 e. The molecule has 0 atom stereocenters. The SMILES string of the molecule is CC(C)(C)OC(=O)n1cnc(C(=O)N2CCCCC2)c1. The number of ether oxygens (including phenoxy) is 1. The smallest absolute Gasteiger partial charge is 0.419 e. The molecule has 1 aliphatic rings. The summed E-state index contributed by atoms with van der Waals surface area (Å²) in [5.41, 5.74) is -0.281. The molecule has 0 aliphatic carbocycles. The lowest BCUT2D eigenvalue weighted by Gasteiger charge is -2.25. The fraction of sp³-hybridized carbons (Fsp3) is 0.643. The van der Waals surface area contributed by atoms with Gasteiger partial charge in [-0.05, 0) is 40.0 Å². The number of piperidine rings is 1. The monoisotopic (exact) mass is 279 g/mol. The molecule has 1 aromatic heterocycles. The molecule has 2 heterocycles. The second kappa shape index (κ2) is 5.64. The van der Waals surface area contributed by atoms with Gasteiger partial charge in [-0.3, -0.25) is 4.79 Å². The van der Waals surface area contributed by atoms with E-state index in [2.05, 4.69) is 4.98 Å². The van der Waals surface area contributed by atoms with Crippen LogP contribution in [0, 0.1) is 0 Å². The Morgan fingerprint density at radius 2 is 1.85 bits per heavy atom. The van der Waals surface area contributed by atoms with Crippen molar-refractivity contribution < 1.29 is 14.3 Å². The second-order valence-electron chi connectivity index (χ2n) is 6.00. The maximum absolute atomic E-state index is 12.2. The fourth-order valence-corrected chi connectivity index (χ4v) is 2.11. The molecule has 0 spiro atoms. The molecular formula is C14H21N3O3. The number of nitrogens with zero attached hydrogens (tertiary/aromatic N) is 3. The Morgan fingerprint density at radius 3 is 2.45 bits per heavy atom. The van der Waals surface area contributed by atoms with Gasteiger partial charge in [-0.25, -0.2) is 14.3 Å². The highest BCUT2D eigenvalue weighted by Gasteiger charge is 2.23. The van der Waals surface area contributed by atoms with Crippen molar-refractivity contribution in [1.29, 1.82) is 0 Å². The van der Waals surface area contributed by atoms with Crippen molar-refractivity contribution >= 4 is 12.0 Å². The van der Waals surface area contributed by atoms with Crippen molar-refractivity contribution in [3.8, 4) is 0 Å². The molecule has 0 saturated carbocycles. The van der Waals surface area contributed by atoms with Crippen LogP contribution in [0.4, 0.5) is 4.79 Å². The molecule has 0 aromatic carbocycles. The van der Waals surface area contributed by atoms with Crippen LogP contribution in [-0.4, -0.2) is 45.1 Å². The van der Waals surface area contributed by atoms with Gasteiger partial charge in [0.2, 0.25) is 0 Å². The van der Waals surface area contributed by atoms with Crippen LogP contribution in [0.15, 0.2) is 12.5 Å². The summed E-state index contributed by atoms with van der Waals surface area (Å²) in [6.45, 7) is 6.90. The Hall–Kier alpha value is -1.85. The van der Waals surface area contributed by atoms with Crippen LogP contribution in [0.25, 0.3) is 0 Å². The topological polar surface area (TPSA) is 64.4 Å². The van der Waals surface area contributed by atoms with E-state index in [-0.39, 0.29) is 11.6 Å². The molecule has 1 aliphatic heterocycles. The highest BCUT2D eigenvalue weighted by atomic mass is 16.6. The van der Waals surface area contributed by atoms with Gasteiger partial charge in [0.1, 0.15) is 17.6 Å². The Morgan fingerprint density at radius 1 is 1.20 bits per heavy atom. The first-order chi connectivity index (χ1) is 9.37. The van der Waals surface area contributed by atoms with Gasteiger partial charge in [0.05, 0.1) is 0 Å². The highest BCUT2D eigenvalue weighted by Crippen LogP contribution is 2.13. The largest absolute Gasteiger partial charge is 0.443 e. The molecule has 0 bridgehead atoms. The van der Waals surface area contributed by atoms with E-state index in [9.17, 15) is 9.59 Å². The molecule has 0 unspecified atom stereocenters. The number of imidazole rings is 1. The lowest BCUT2D eigenvalue weighted by atomic mass is 10.1. The van der Waals surface area contributed by atoms with Crippen molar-refractivity contribution in [2.45, 2.75) is 45.6 Å². The van der Waals surface area contributed by atoms with Gasteiger partial charge in [-0.15, -0.1) is 0 Å². The van der Waals surface area contributed by atoms with E-state index in [0.717, 1.165) is 32.4 Å². The van der Waals surface area contributed by atoms with E-state index in [4.69, 9.17) is 4.74 Å². The average molecular weight is 279 g/mol. The molecule has 1 amide bonds. The van der Waals surface area contributed by atoms with Gasteiger partial charge in [0.25, 0.3) is 5.91 Å². The molecule has 1 aromatic rings. The molecule has 20 heavy (non-hydrogen) atoms. The third-order valence-electron chi connectivity index (χ3n) is 3.05. The molecule has 110 valence electrons. The highest BCUT2D eigenvalue weighted by molar-refractivity contribution is 5.92. The van der Waals surface area contributed by atoms with Crippen molar-refractivity contribution in [3.05, 3.63) is 18.2 Å². The maximum atomic E-state index is 12.2. The van der Waals surface area contributed by atoms with Crippen LogP contribution in [0.5, 0.6) is 0 Å². The Bertz CT molecular complexity index is 496. The average Bonchev–Trinajstić information content (AvgIpc) is 2.86. The summed E-state index contributed by atoms with van der Waals surface area (Å²) in [4.78, 5) is 29.9. The molecule has 6 heteroatoms. The lowest BCUT2D eigenvalue weighted by molar-refractivity contribution is 0.0536. The molecular weight excluding hydrogens is 258 g/mol. The normalized spacial score (nSPS) is 16.1. The summed E-state index contributed by atoms with van der Waals surface area (Å²) in [5.74, 6) is -0.119. The summed E-state index contributed by atoms with van der Waals surface area (Å²) < 4.78 is 6.43. The zero-order valence-corrected chi connectivity index (χ0v) is 12.3.